The molecule has 80 valence electrons. The van der Waals surface area contributed by atoms with Gasteiger partial charge < -0.3 is 5.32 Å². The summed E-state index contributed by atoms with van der Waals surface area (Å²) in [5, 5.41) is 6.24. The fourth-order valence-electron chi connectivity index (χ4n) is 1.89. The fraction of sp³-hybridized carbons (Fsp3) is 0.417. The zero-order chi connectivity index (χ0) is 10.7. The maximum Gasteiger partial charge on any atom is 0.244 e. The lowest BCUT2D eigenvalue weighted by atomic mass is 9.91. The highest BCUT2D eigenvalue weighted by atomic mass is 16.2. The van der Waals surface area contributed by atoms with Crippen LogP contribution in [0.4, 0.5) is 0 Å². The second kappa shape index (κ2) is 4.03. The molecule has 0 aliphatic carbocycles. The second-order valence-electron chi connectivity index (χ2n) is 4.03. The third-order valence-electron chi connectivity index (χ3n) is 2.92. The molecule has 0 saturated carbocycles. The normalized spacial score (nSPS) is 26.9. The average Bonchev–Trinajstić information content (AvgIpc) is 2.44. The summed E-state index contributed by atoms with van der Waals surface area (Å²) < 4.78 is 0. The molecule has 2 rings (SSSR count). The number of hydrogen-bond acceptors (Lipinski definition) is 2. The van der Waals surface area contributed by atoms with Crippen LogP contribution in [0.1, 0.15) is 18.9 Å². The number of carbonyl (C=O) groups excluding carboxylic acids is 1. The molecule has 1 heterocycles. The molecule has 2 N–H and O–H groups in total. The van der Waals surface area contributed by atoms with Crippen LogP contribution >= 0.6 is 0 Å². The zero-order valence-corrected chi connectivity index (χ0v) is 8.92. The van der Waals surface area contributed by atoms with Gasteiger partial charge in [-0.1, -0.05) is 30.3 Å². The smallest absolute Gasteiger partial charge is 0.244 e. The molecule has 1 aromatic carbocycles. The zero-order valence-electron chi connectivity index (χ0n) is 8.92. The Bertz CT molecular complexity index is 350. The molecule has 1 unspecified atom stereocenters. The SMILES string of the molecule is CC1(c2ccccc2)NCCCNC1=O. The molecule has 0 radical (unpaired) electrons. The van der Waals surface area contributed by atoms with Crippen molar-refractivity contribution in [2.45, 2.75) is 18.9 Å². The van der Waals surface area contributed by atoms with Gasteiger partial charge in [0.2, 0.25) is 5.91 Å². The number of carbonyl (C=O) groups is 1. The number of nitrogens with one attached hydrogen (secondary N) is 2. The summed E-state index contributed by atoms with van der Waals surface area (Å²) in [5.41, 5.74) is 0.432. The maximum absolute atomic E-state index is 12.0. The summed E-state index contributed by atoms with van der Waals surface area (Å²) >= 11 is 0. The Morgan fingerprint density at radius 2 is 1.93 bits per heavy atom. The third-order valence-corrected chi connectivity index (χ3v) is 2.92. The van der Waals surface area contributed by atoms with Crippen LogP contribution in [0.15, 0.2) is 30.3 Å². The Morgan fingerprint density at radius 1 is 1.20 bits per heavy atom. The van der Waals surface area contributed by atoms with Gasteiger partial charge >= 0.3 is 0 Å². The summed E-state index contributed by atoms with van der Waals surface area (Å²) in [6, 6.07) is 9.85. The minimum Gasteiger partial charge on any atom is -0.354 e. The van der Waals surface area contributed by atoms with E-state index in [1.54, 1.807) is 0 Å². The Labute approximate surface area is 89.9 Å². The molecule has 1 atom stereocenters. The van der Waals surface area contributed by atoms with Crippen molar-refractivity contribution < 1.29 is 4.79 Å². The fourth-order valence-corrected chi connectivity index (χ4v) is 1.89. The van der Waals surface area contributed by atoms with E-state index in [1.807, 2.05) is 37.3 Å². The van der Waals surface area contributed by atoms with E-state index in [9.17, 15) is 4.79 Å². The first-order valence-electron chi connectivity index (χ1n) is 5.32. The van der Waals surface area contributed by atoms with Crippen LogP contribution < -0.4 is 10.6 Å². The van der Waals surface area contributed by atoms with E-state index in [4.69, 9.17) is 0 Å². The highest BCUT2D eigenvalue weighted by molar-refractivity contribution is 5.87. The topological polar surface area (TPSA) is 41.1 Å². The van der Waals surface area contributed by atoms with Crippen molar-refractivity contribution in [2.75, 3.05) is 13.1 Å². The van der Waals surface area contributed by atoms with Crippen molar-refractivity contribution >= 4 is 5.91 Å². The van der Waals surface area contributed by atoms with Gasteiger partial charge in [0.05, 0.1) is 0 Å². The minimum atomic E-state index is -0.586. The second-order valence-corrected chi connectivity index (χ2v) is 4.03. The van der Waals surface area contributed by atoms with Gasteiger partial charge in [0.1, 0.15) is 5.54 Å². The summed E-state index contributed by atoms with van der Waals surface area (Å²) in [6.07, 6.45) is 0.980. The van der Waals surface area contributed by atoms with E-state index in [0.29, 0.717) is 0 Å². The number of amides is 1. The lowest BCUT2D eigenvalue weighted by molar-refractivity contribution is -0.126. The first-order chi connectivity index (χ1) is 7.23. The number of hydrogen-bond donors (Lipinski definition) is 2. The van der Waals surface area contributed by atoms with E-state index >= 15 is 0 Å². The van der Waals surface area contributed by atoms with Gasteiger partial charge in [-0.15, -0.1) is 0 Å². The van der Waals surface area contributed by atoms with E-state index in [-0.39, 0.29) is 5.91 Å². The molecule has 3 heteroatoms. The standard InChI is InChI=1S/C12H16N2O/c1-12(10-6-3-2-4-7-10)11(15)13-8-5-9-14-12/h2-4,6-7,14H,5,8-9H2,1H3,(H,13,15). The molecule has 1 saturated heterocycles. The molecule has 1 aliphatic heterocycles. The lowest BCUT2D eigenvalue weighted by Crippen LogP contribution is -2.49. The number of rotatable bonds is 1. The largest absolute Gasteiger partial charge is 0.354 e. The molecule has 0 spiro atoms. The van der Waals surface area contributed by atoms with Gasteiger partial charge in [0.15, 0.2) is 0 Å². The van der Waals surface area contributed by atoms with Gasteiger partial charge in [0, 0.05) is 6.54 Å². The van der Waals surface area contributed by atoms with E-state index in [0.717, 1.165) is 25.1 Å². The molecule has 1 aromatic rings. The van der Waals surface area contributed by atoms with Gasteiger partial charge in [-0.05, 0) is 25.5 Å². The maximum atomic E-state index is 12.0. The first-order valence-corrected chi connectivity index (χ1v) is 5.32. The van der Waals surface area contributed by atoms with Crippen molar-refractivity contribution in [1.29, 1.82) is 0 Å². The predicted molar refractivity (Wildman–Crippen MR) is 59.4 cm³/mol. The molecule has 3 nitrogen and oxygen atoms in total. The van der Waals surface area contributed by atoms with Crippen LogP contribution in [0.5, 0.6) is 0 Å². The van der Waals surface area contributed by atoms with E-state index in [2.05, 4.69) is 10.6 Å². The molecular weight excluding hydrogens is 188 g/mol. The molecule has 1 aliphatic rings. The Kier molecular flexibility index (Phi) is 2.73. The Morgan fingerprint density at radius 3 is 2.67 bits per heavy atom. The molecule has 15 heavy (non-hydrogen) atoms. The third kappa shape index (κ3) is 1.88. The highest BCUT2D eigenvalue weighted by Crippen LogP contribution is 2.21. The quantitative estimate of drug-likeness (QED) is 0.717. The van der Waals surface area contributed by atoms with Gasteiger partial charge in [-0.2, -0.15) is 0 Å². The van der Waals surface area contributed by atoms with Gasteiger partial charge in [-0.25, -0.2) is 0 Å². The Balaban J connectivity index is 2.34. The summed E-state index contributed by atoms with van der Waals surface area (Å²) in [7, 11) is 0. The monoisotopic (exact) mass is 204 g/mol. The molecule has 0 bridgehead atoms. The van der Waals surface area contributed by atoms with Crippen LogP contribution in [0.25, 0.3) is 0 Å². The van der Waals surface area contributed by atoms with Crippen LogP contribution in [0.2, 0.25) is 0 Å². The van der Waals surface area contributed by atoms with Crippen molar-refractivity contribution in [3.63, 3.8) is 0 Å². The molecule has 0 aromatic heterocycles. The summed E-state index contributed by atoms with van der Waals surface area (Å²) in [6.45, 7) is 3.56. The Hall–Kier alpha value is -1.35. The first kappa shape index (κ1) is 10.2. The minimum absolute atomic E-state index is 0.0613. The molecule has 1 amide bonds. The predicted octanol–water partition coefficient (Wildman–Crippen LogP) is 1.01. The highest BCUT2D eigenvalue weighted by Gasteiger charge is 2.35. The van der Waals surface area contributed by atoms with Crippen molar-refractivity contribution in [3.8, 4) is 0 Å². The van der Waals surface area contributed by atoms with Gasteiger partial charge in [0.25, 0.3) is 0 Å². The van der Waals surface area contributed by atoms with Crippen molar-refractivity contribution in [2.24, 2.45) is 0 Å². The van der Waals surface area contributed by atoms with Crippen LogP contribution in [0, 0.1) is 0 Å². The van der Waals surface area contributed by atoms with Gasteiger partial charge in [-0.3, -0.25) is 10.1 Å². The number of benzene rings is 1. The lowest BCUT2D eigenvalue weighted by Gasteiger charge is -2.27. The van der Waals surface area contributed by atoms with Crippen LogP contribution in [-0.4, -0.2) is 19.0 Å². The van der Waals surface area contributed by atoms with E-state index < -0.39 is 5.54 Å². The summed E-state index contributed by atoms with van der Waals surface area (Å²) in [4.78, 5) is 12.0. The van der Waals surface area contributed by atoms with Crippen molar-refractivity contribution in [3.05, 3.63) is 35.9 Å². The van der Waals surface area contributed by atoms with Crippen LogP contribution in [-0.2, 0) is 10.3 Å². The van der Waals surface area contributed by atoms with E-state index in [1.165, 1.54) is 0 Å². The summed E-state index contributed by atoms with van der Waals surface area (Å²) in [5.74, 6) is 0.0613. The molecule has 1 fully saturated rings. The van der Waals surface area contributed by atoms with Crippen molar-refractivity contribution in [1.82, 2.24) is 10.6 Å². The van der Waals surface area contributed by atoms with Crippen LogP contribution in [0.3, 0.4) is 0 Å². The average molecular weight is 204 g/mol. The molecular formula is C12H16N2O.